The third-order valence-electron chi connectivity index (χ3n) is 1.71. The van der Waals surface area contributed by atoms with Gasteiger partial charge in [-0.2, -0.15) is 0 Å². The molecule has 0 bridgehead atoms. The van der Waals surface area contributed by atoms with Crippen LogP contribution in [0.3, 0.4) is 0 Å². The molecule has 1 atom stereocenters. The van der Waals surface area contributed by atoms with Gasteiger partial charge < -0.3 is 15.5 Å². The van der Waals surface area contributed by atoms with Crippen LogP contribution in [0.25, 0.3) is 0 Å². The number of nitrogens with one attached hydrogen (secondary N) is 2. The van der Waals surface area contributed by atoms with E-state index in [9.17, 15) is 0 Å². The van der Waals surface area contributed by atoms with Gasteiger partial charge in [-0.1, -0.05) is 0 Å². The standard InChI is InChI=1S/C6H13N3OS/c7-9-6(11)8-3-5-1-2-10-4-5/h5H,1-4,7H2,(H2,8,9,11). The number of ether oxygens (including phenoxy) is 1. The molecule has 1 saturated heterocycles. The predicted molar refractivity (Wildman–Crippen MR) is 46.8 cm³/mol. The molecule has 11 heavy (non-hydrogen) atoms. The Morgan fingerprint density at radius 2 is 2.55 bits per heavy atom. The number of nitrogens with two attached hydrogens (primary N) is 1. The first-order chi connectivity index (χ1) is 5.33. The van der Waals surface area contributed by atoms with Crippen molar-refractivity contribution < 1.29 is 4.74 Å². The maximum absolute atomic E-state index is 5.19. The maximum atomic E-state index is 5.19. The van der Waals surface area contributed by atoms with E-state index in [1.165, 1.54) is 0 Å². The second kappa shape index (κ2) is 4.48. The van der Waals surface area contributed by atoms with Crippen LogP contribution < -0.4 is 16.6 Å². The van der Waals surface area contributed by atoms with Crippen LogP contribution in [0, 0.1) is 5.92 Å². The van der Waals surface area contributed by atoms with Crippen molar-refractivity contribution in [2.45, 2.75) is 6.42 Å². The fourth-order valence-electron chi connectivity index (χ4n) is 1.03. The van der Waals surface area contributed by atoms with Gasteiger partial charge in [0.05, 0.1) is 6.61 Å². The minimum atomic E-state index is 0.497. The van der Waals surface area contributed by atoms with Crippen LogP contribution in [0.1, 0.15) is 6.42 Å². The molecule has 0 saturated carbocycles. The Morgan fingerprint density at radius 1 is 1.73 bits per heavy atom. The summed E-state index contributed by atoms with van der Waals surface area (Å²) in [6, 6.07) is 0. The lowest BCUT2D eigenvalue weighted by Crippen LogP contribution is -2.41. The summed E-state index contributed by atoms with van der Waals surface area (Å²) >= 11 is 4.80. The summed E-state index contributed by atoms with van der Waals surface area (Å²) in [5.41, 5.74) is 2.37. The van der Waals surface area contributed by atoms with E-state index in [1.807, 2.05) is 0 Å². The molecule has 0 aromatic heterocycles. The lowest BCUT2D eigenvalue weighted by Gasteiger charge is -2.10. The van der Waals surface area contributed by atoms with Gasteiger partial charge in [0, 0.05) is 19.1 Å². The molecule has 4 N–H and O–H groups in total. The molecule has 1 aliphatic rings. The summed E-state index contributed by atoms with van der Waals surface area (Å²) < 4.78 is 5.19. The molecule has 1 fully saturated rings. The van der Waals surface area contributed by atoms with E-state index in [0.717, 1.165) is 26.2 Å². The molecule has 1 unspecified atom stereocenters. The number of hydrazine groups is 1. The van der Waals surface area contributed by atoms with E-state index in [4.69, 9.17) is 22.8 Å². The van der Waals surface area contributed by atoms with Gasteiger partial charge in [0.15, 0.2) is 5.11 Å². The van der Waals surface area contributed by atoms with Crippen LogP contribution >= 0.6 is 12.2 Å². The Labute approximate surface area is 71.4 Å². The van der Waals surface area contributed by atoms with Gasteiger partial charge in [0.1, 0.15) is 0 Å². The molecule has 0 spiro atoms. The maximum Gasteiger partial charge on any atom is 0.180 e. The number of thiocarbonyl (C=S) groups is 1. The quantitative estimate of drug-likeness (QED) is 0.296. The van der Waals surface area contributed by atoms with Gasteiger partial charge in [-0.25, -0.2) is 5.84 Å². The van der Waals surface area contributed by atoms with E-state index in [1.54, 1.807) is 0 Å². The van der Waals surface area contributed by atoms with Gasteiger partial charge in [-0.15, -0.1) is 0 Å². The number of hydrogen-bond acceptors (Lipinski definition) is 3. The minimum Gasteiger partial charge on any atom is -0.381 e. The molecule has 0 radical (unpaired) electrons. The molecule has 0 aromatic rings. The van der Waals surface area contributed by atoms with Gasteiger partial charge in [-0.05, 0) is 18.6 Å². The highest BCUT2D eigenvalue weighted by atomic mass is 32.1. The summed E-state index contributed by atoms with van der Waals surface area (Å²) in [4.78, 5) is 0. The Balaban J connectivity index is 2.06. The molecule has 0 aromatic carbocycles. The molecule has 1 rings (SSSR count). The highest BCUT2D eigenvalue weighted by Gasteiger charge is 2.14. The minimum absolute atomic E-state index is 0.497. The molecule has 4 nitrogen and oxygen atoms in total. The fourth-order valence-corrected chi connectivity index (χ4v) is 1.12. The van der Waals surface area contributed by atoms with Crippen LogP contribution in [0.5, 0.6) is 0 Å². The molecular weight excluding hydrogens is 162 g/mol. The Morgan fingerprint density at radius 3 is 3.09 bits per heavy atom. The normalized spacial score (nSPS) is 23.2. The van der Waals surface area contributed by atoms with Crippen molar-refractivity contribution in [2.24, 2.45) is 11.8 Å². The van der Waals surface area contributed by atoms with E-state index >= 15 is 0 Å². The first kappa shape index (κ1) is 8.70. The average Bonchev–Trinajstić information content (AvgIpc) is 2.52. The summed E-state index contributed by atoms with van der Waals surface area (Å²) in [6.07, 6.45) is 1.11. The molecule has 1 aliphatic heterocycles. The largest absolute Gasteiger partial charge is 0.381 e. The summed E-state index contributed by atoms with van der Waals surface area (Å²) in [7, 11) is 0. The van der Waals surface area contributed by atoms with Crippen molar-refractivity contribution in [1.82, 2.24) is 10.7 Å². The summed E-state index contributed by atoms with van der Waals surface area (Å²) in [6.45, 7) is 2.55. The van der Waals surface area contributed by atoms with E-state index in [0.29, 0.717) is 11.0 Å². The molecule has 64 valence electrons. The van der Waals surface area contributed by atoms with Crippen LogP contribution in [-0.4, -0.2) is 24.9 Å². The summed E-state index contributed by atoms with van der Waals surface area (Å²) in [5.74, 6) is 5.66. The van der Waals surface area contributed by atoms with Gasteiger partial charge in [0.2, 0.25) is 0 Å². The zero-order valence-electron chi connectivity index (χ0n) is 6.30. The Bertz CT molecular complexity index is 136. The number of rotatable bonds is 2. The monoisotopic (exact) mass is 175 g/mol. The van der Waals surface area contributed by atoms with Gasteiger partial charge in [0.25, 0.3) is 0 Å². The molecule has 1 heterocycles. The summed E-state index contributed by atoms with van der Waals surface area (Å²) in [5, 5.41) is 3.49. The lowest BCUT2D eigenvalue weighted by atomic mass is 10.1. The van der Waals surface area contributed by atoms with Crippen LogP contribution in [0.15, 0.2) is 0 Å². The van der Waals surface area contributed by atoms with Gasteiger partial charge >= 0.3 is 0 Å². The third kappa shape index (κ3) is 3.00. The highest BCUT2D eigenvalue weighted by Crippen LogP contribution is 2.10. The molecule has 5 heteroatoms. The highest BCUT2D eigenvalue weighted by molar-refractivity contribution is 7.80. The Hall–Kier alpha value is -0.390. The van der Waals surface area contributed by atoms with Crippen molar-refractivity contribution in [1.29, 1.82) is 0 Å². The second-order valence-electron chi connectivity index (χ2n) is 2.58. The smallest absolute Gasteiger partial charge is 0.180 e. The van der Waals surface area contributed by atoms with Crippen molar-refractivity contribution >= 4 is 17.3 Å². The average molecular weight is 175 g/mol. The first-order valence-electron chi connectivity index (χ1n) is 3.65. The third-order valence-corrected chi connectivity index (χ3v) is 1.97. The first-order valence-corrected chi connectivity index (χ1v) is 4.06. The van der Waals surface area contributed by atoms with Crippen molar-refractivity contribution in [3.8, 4) is 0 Å². The molecule has 0 amide bonds. The van der Waals surface area contributed by atoms with E-state index in [-0.39, 0.29) is 0 Å². The molecular formula is C6H13N3OS. The zero-order chi connectivity index (χ0) is 8.10. The fraction of sp³-hybridized carbons (Fsp3) is 0.833. The lowest BCUT2D eigenvalue weighted by molar-refractivity contribution is 0.186. The van der Waals surface area contributed by atoms with Crippen molar-refractivity contribution in [3.05, 3.63) is 0 Å². The van der Waals surface area contributed by atoms with E-state index in [2.05, 4.69) is 10.7 Å². The van der Waals surface area contributed by atoms with E-state index < -0.39 is 0 Å². The zero-order valence-corrected chi connectivity index (χ0v) is 7.12. The van der Waals surface area contributed by atoms with Crippen molar-refractivity contribution in [2.75, 3.05) is 19.8 Å². The van der Waals surface area contributed by atoms with Crippen LogP contribution in [0.4, 0.5) is 0 Å². The SMILES string of the molecule is NNC(=S)NCC1CCOC1. The Kier molecular flexibility index (Phi) is 3.55. The second-order valence-corrected chi connectivity index (χ2v) is 2.99. The predicted octanol–water partition coefficient (Wildman–Crippen LogP) is -0.639. The van der Waals surface area contributed by atoms with Crippen LogP contribution in [-0.2, 0) is 4.74 Å². The topological polar surface area (TPSA) is 59.3 Å². The number of hydrogen-bond donors (Lipinski definition) is 3. The van der Waals surface area contributed by atoms with Crippen LogP contribution in [0.2, 0.25) is 0 Å². The van der Waals surface area contributed by atoms with Gasteiger partial charge in [-0.3, -0.25) is 0 Å². The van der Waals surface area contributed by atoms with Crippen molar-refractivity contribution in [3.63, 3.8) is 0 Å². The molecule has 0 aliphatic carbocycles.